The van der Waals surface area contributed by atoms with Crippen LogP contribution >= 0.6 is 0 Å². The molecule has 0 aliphatic heterocycles. The van der Waals surface area contributed by atoms with E-state index in [1.807, 2.05) is 50.2 Å². The lowest BCUT2D eigenvalue weighted by Gasteiger charge is -2.14. The molecule has 1 heterocycles. The van der Waals surface area contributed by atoms with Gasteiger partial charge in [0.25, 0.3) is 0 Å². The van der Waals surface area contributed by atoms with Gasteiger partial charge in [-0.05, 0) is 63.1 Å². The summed E-state index contributed by atoms with van der Waals surface area (Å²) in [6.45, 7) is 5.75. The molecule has 3 N–H and O–H groups in total. The van der Waals surface area contributed by atoms with E-state index >= 15 is 0 Å². The van der Waals surface area contributed by atoms with Crippen LogP contribution in [-0.2, 0) is 11.2 Å². The van der Waals surface area contributed by atoms with Crippen LogP contribution in [0.4, 0.5) is 5.69 Å². The normalized spacial score (nSPS) is 14.0. The standard InChI is InChI=1S/C22H30N4O3/c1-16(2)29-20-9-7-18(8-10-20)26-22(24-12-11-19-4-3-15-28-19)25-14-13-23-21(27)17-5-6-17/h3-4,7-10,15-17H,5-6,11-14H2,1-2H3,(H,23,27)(H2,24,25,26). The maximum absolute atomic E-state index is 11.7. The number of ether oxygens (including phenoxy) is 1. The van der Waals surface area contributed by atoms with Crippen LogP contribution in [0.3, 0.4) is 0 Å². The lowest BCUT2D eigenvalue weighted by Crippen LogP contribution is -2.38. The summed E-state index contributed by atoms with van der Waals surface area (Å²) in [4.78, 5) is 16.4. The fourth-order valence-electron chi connectivity index (χ4n) is 2.75. The Morgan fingerprint density at radius 3 is 2.59 bits per heavy atom. The first kappa shape index (κ1) is 20.8. The summed E-state index contributed by atoms with van der Waals surface area (Å²) in [5, 5.41) is 9.53. The molecule has 1 saturated carbocycles. The molecule has 2 aromatic rings. The molecule has 7 nitrogen and oxygen atoms in total. The monoisotopic (exact) mass is 398 g/mol. The molecule has 0 radical (unpaired) electrons. The molecule has 0 atom stereocenters. The van der Waals surface area contributed by atoms with E-state index in [1.54, 1.807) is 6.26 Å². The highest BCUT2D eigenvalue weighted by Crippen LogP contribution is 2.28. The van der Waals surface area contributed by atoms with Gasteiger partial charge >= 0.3 is 0 Å². The molecule has 0 saturated heterocycles. The van der Waals surface area contributed by atoms with Crippen molar-refractivity contribution >= 4 is 17.6 Å². The van der Waals surface area contributed by atoms with E-state index in [0.29, 0.717) is 25.6 Å². The quantitative estimate of drug-likeness (QED) is 0.325. The molecule has 7 heteroatoms. The molecule has 1 aliphatic carbocycles. The van der Waals surface area contributed by atoms with E-state index in [0.717, 1.165) is 36.5 Å². The van der Waals surface area contributed by atoms with Gasteiger partial charge < -0.3 is 25.1 Å². The number of carbonyl (C=O) groups excluding carboxylic acids is 1. The summed E-state index contributed by atoms with van der Waals surface area (Å²) < 4.78 is 11.0. The van der Waals surface area contributed by atoms with E-state index in [9.17, 15) is 4.79 Å². The van der Waals surface area contributed by atoms with Gasteiger partial charge in [-0.25, -0.2) is 0 Å². The maximum atomic E-state index is 11.7. The first-order valence-electron chi connectivity index (χ1n) is 10.2. The van der Waals surface area contributed by atoms with Crippen LogP contribution in [0.15, 0.2) is 52.1 Å². The predicted octanol–water partition coefficient (Wildman–Crippen LogP) is 3.19. The first-order chi connectivity index (χ1) is 14.1. The van der Waals surface area contributed by atoms with Crippen LogP contribution in [0.1, 0.15) is 32.4 Å². The van der Waals surface area contributed by atoms with E-state index in [2.05, 4.69) is 20.9 Å². The number of aliphatic imine (C=N–C) groups is 1. The van der Waals surface area contributed by atoms with Gasteiger partial charge in [-0.3, -0.25) is 9.79 Å². The van der Waals surface area contributed by atoms with Crippen molar-refractivity contribution in [1.82, 2.24) is 10.6 Å². The van der Waals surface area contributed by atoms with Crippen LogP contribution < -0.4 is 20.7 Å². The van der Waals surface area contributed by atoms with Gasteiger partial charge in [0, 0.05) is 37.7 Å². The van der Waals surface area contributed by atoms with Crippen molar-refractivity contribution in [1.29, 1.82) is 0 Å². The summed E-state index contributed by atoms with van der Waals surface area (Å²) in [6, 6.07) is 11.6. The summed E-state index contributed by atoms with van der Waals surface area (Å²) in [7, 11) is 0. The molecule has 0 unspecified atom stereocenters. The van der Waals surface area contributed by atoms with Gasteiger partial charge in [-0.15, -0.1) is 0 Å². The van der Waals surface area contributed by atoms with Crippen LogP contribution in [0.5, 0.6) is 5.75 Å². The zero-order valence-corrected chi connectivity index (χ0v) is 17.1. The zero-order valence-electron chi connectivity index (χ0n) is 17.1. The van der Waals surface area contributed by atoms with Gasteiger partial charge in [-0.1, -0.05) is 0 Å². The maximum Gasteiger partial charge on any atom is 0.223 e. The van der Waals surface area contributed by atoms with Gasteiger partial charge in [0.15, 0.2) is 5.96 Å². The van der Waals surface area contributed by atoms with E-state index in [-0.39, 0.29) is 17.9 Å². The van der Waals surface area contributed by atoms with Crippen molar-refractivity contribution in [2.24, 2.45) is 10.9 Å². The van der Waals surface area contributed by atoms with Crippen LogP contribution in [0.2, 0.25) is 0 Å². The molecule has 3 rings (SSSR count). The average Bonchev–Trinajstić information content (AvgIpc) is 3.43. The number of amides is 1. The Hall–Kier alpha value is -2.96. The Kier molecular flexibility index (Phi) is 7.55. The number of rotatable bonds is 10. The minimum Gasteiger partial charge on any atom is -0.491 e. The van der Waals surface area contributed by atoms with Gasteiger partial charge in [0.05, 0.1) is 12.4 Å². The SMILES string of the molecule is CC(C)Oc1ccc(NC(=NCCc2ccco2)NCCNC(=O)C2CC2)cc1. The molecule has 29 heavy (non-hydrogen) atoms. The molecule has 0 bridgehead atoms. The minimum atomic E-state index is 0.139. The fraction of sp³-hybridized carbons (Fsp3) is 0.455. The Morgan fingerprint density at radius 1 is 1.17 bits per heavy atom. The number of hydrogen-bond donors (Lipinski definition) is 3. The molecular weight excluding hydrogens is 368 g/mol. The highest BCUT2D eigenvalue weighted by Gasteiger charge is 2.28. The molecule has 156 valence electrons. The van der Waals surface area contributed by atoms with E-state index in [4.69, 9.17) is 9.15 Å². The third-order valence-corrected chi connectivity index (χ3v) is 4.36. The second kappa shape index (κ2) is 10.5. The zero-order chi connectivity index (χ0) is 20.5. The molecule has 1 aromatic heterocycles. The molecular formula is C22H30N4O3. The molecule has 0 spiro atoms. The van der Waals surface area contributed by atoms with Gasteiger partial charge in [0.1, 0.15) is 11.5 Å². The Bertz CT molecular complexity index is 781. The third-order valence-electron chi connectivity index (χ3n) is 4.36. The number of guanidine groups is 1. The molecule has 1 aliphatic rings. The van der Waals surface area contributed by atoms with Crippen molar-refractivity contribution in [3.8, 4) is 5.75 Å². The van der Waals surface area contributed by atoms with Crippen molar-refractivity contribution in [2.75, 3.05) is 25.0 Å². The minimum absolute atomic E-state index is 0.139. The van der Waals surface area contributed by atoms with Gasteiger partial charge in [-0.2, -0.15) is 0 Å². The highest BCUT2D eigenvalue weighted by molar-refractivity contribution is 5.93. The smallest absolute Gasteiger partial charge is 0.223 e. The average molecular weight is 399 g/mol. The second-order valence-corrected chi connectivity index (χ2v) is 7.37. The lowest BCUT2D eigenvalue weighted by molar-refractivity contribution is -0.122. The fourth-order valence-corrected chi connectivity index (χ4v) is 2.75. The van der Waals surface area contributed by atoms with Crippen molar-refractivity contribution in [2.45, 2.75) is 39.2 Å². The van der Waals surface area contributed by atoms with Crippen LogP contribution in [-0.4, -0.2) is 37.6 Å². The summed E-state index contributed by atoms with van der Waals surface area (Å²) in [6.07, 6.45) is 4.55. The summed E-state index contributed by atoms with van der Waals surface area (Å²) in [5.74, 6) is 2.77. The van der Waals surface area contributed by atoms with E-state index < -0.39 is 0 Å². The Morgan fingerprint density at radius 2 is 1.93 bits per heavy atom. The van der Waals surface area contributed by atoms with Crippen molar-refractivity contribution in [3.63, 3.8) is 0 Å². The number of nitrogens with zero attached hydrogens (tertiary/aromatic N) is 1. The summed E-state index contributed by atoms with van der Waals surface area (Å²) in [5.41, 5.74) is 0.910. The third kappa shape index (κ3) is 7.52. The lowest BCUT2D eigenvalue weighted by atomic mass is 10.3. The topological polar surface area (TPSA) is 87.9 Å². The number of benzene rings is 1. The number of nitrogens with one attached hydrogen (secondary N) is 3. The van der Waals surface area contributed by atoms with Crippen molar-refractivity contribution < 1.29 is 13.9 Å². The summed E-state index contributed by atoms with van der Waals surface area (Å²) >= 11 is 0. The second-order valence-electron chi connectivity index (χ2n) is 7.37. The first-order valence-corrected chi connectivity index (χ1v) is 10.2. The molecule has 1 amide bonds. The van der Waals surface area contributed by atoms with Crippen LogP contribution in [0.25, 0.3) is 0 Å². The largest absolute Gasteiger partial charge is 0.491 e. The Balaban J connectivity index is 1.52. The molecule has 1 fully saturated rings. The van der Waals surface area contributed by atoms with Crippen molar-refractivity contribution in [3.05, 3.63) is 48.4 Å². The highest BCUT2D eigenvalue weighted by atomic mass is 16.5. The number of carbonyl (C=O) groups is 1. The number of furan rings is 1. The molecule has 1 aromatic carbocycles. The van der Waals surface area contributed by atoms with E-state index in [1.165, 1.54) is 0 Å². The number of hydrogen-bond acceptors (Lipinski definition) is 4. The Labute approximate surface area is 171 Å². The van der Waals surface area contributed by atoms with Gasteiger partial charge in [0.2, 0.25) is 5.91 Å². The number of anilines is 1. The van der Waals surface area contributed by atoms with Crippen LogP contribution in [0, 0.1) is 5.92 Å². The predicted molar refractivity (Wildman–Crippen MR) is 114 cm³/mol.